The molecule has 0 aliphatic carbocycles. The molecule has 0 fully saturated rings. The molecule has 0 amide bonds. The predicted octanol–water partition coefficient (Wildman–Crippen LogP) is 28.1. The summed E-state index contributed by atoms with van der Waals surface area (Å²) >= 11 is 11.0. The third-order valence-corrected chi connectivity index (χ3v) is 38.4. The Morgan fingerprint density at radius 1 is 0.174 bits per heavy atom. The average molecular weight is 2400 g/mol. The van der Waals surface area contributed by atoms with Crippen LogP contribution in [0.1, 0.15) is 549 Å². The van der Waals surface area contributed by atoms with Crippen LogP contribution in [0.25, 0.3) is 0 Å². The van der Waals surface area contributed by atoms with E-state index >= 15 is 0 Å². The first-order chi connectivity index (χ1) is 70.5. The first-order valence-corrected chi connectivity index (χ1v) is 68.1. The van der Waals surface area contributed by atoms with Crippen LogP contribution in [0.2, 0.25) is 0 Å². The van der Waals surface area contributed by atoms with Gasteiger partial charge in [-0.1, -0.05) is 387 Å². The van der Waals surface area contributed by atoms with Gasteiger partial charge in [0.05, 0.1) is 52.9 Å². The normalized spacial score (nSPS) is 12.6. The summed E-state index contributed by atoms with van der Waals surface area (Å²) in [4.78, 5) is 116. The number of esters is 4. The van der Waals surface area contributed by atoms with Crippen LogP contribution in [-0.4, -0.2) is 174 Å². The fraction of sp³-hybridized carbons (Fsp3) is 0.964. The summed E-state index contributed by atoms with van der Waals surface area (Å²) in [6.07, 6.45) is 69.7. The summed E-state index contributed by atoms with van der Waals surface area (Å²) in [5, 5.41) is -11.2. The molecule has 0 saturated heterocycles. The molecule has 0 bridgehead atoms. The third kappa shape index (κ3) is 63.8. The van der Waals surface area contributed by atoms with Gasteiger partial charge in [0.2, 0.25) is 0 Å². The summed E-state index contributed by atoms with van der Waals surface area (Å²) in [6.45, 7) is 31.6. The standard InChI is InChI=1S/2C56H110O14PS2.3Zn/c2*1-11-21-23-25-27-29-31-33-35-37-39-41-43-45-47-49-51(57)69-53(61-13-3,62-14-4)55(65-17-7,66-18-8)73(71(59,60)72)56(67-19-9,68-20-10)54(63-15-5,64-16-6)70-52(58)50-48-46-44-42-40-38-36-34-32-30-28-26-24-22-12-2;;;/h2*11-50H2,1-10H3;;;/q2*-3;3*+2. The monoisotopic (exact) mass is 2400 g/mol. The van der Waals surface area contributed by atoms with Gasteiger partial charge in [-0.15, -0.1) is 20.1 Å². The summed E-state index contributed by atoms with van der Waals surface area (Å²) in [6, 6.07) is 0. The molecule has 876 valence electrons. The molecule has 28 nitrogen and oxygen atoms in total. The second-order valence-corrected chi connectivity index (χ2v) is 52.0. The molecule has 0 saturated carbocycles. The van der Waals surface area contributed by atoms with Crippen LogP contribution < -0.4 is 19.6 Å². The van der Waals surface area contributed by atoms with Gasteiger partial charge in [0.15, 0.2) is 0 Å². The average Bonchev–Trinajstić information content (AvgIpc) is 0.697. The van der Waals surface area contributed by atoms with E-state index in [9.17, 15) is 38.8 Å². The van der Waals surface area contributed by atoms with Crippen LogP contribution in [-0.2, 0) is 217 Å². The molecule has 0 aliphatic heterocycles. The van der Waals surface area contributed by atoms with Gasteiger partial charge in [-0.05, 0) is 136 Å². The van der Waals surface area contributed by atoms with Crippen molar-refractivity contribution in [1.29, 1.82) is 0 Å². The van der Waals surface area contributed by atoms with Crippen molar-refractivity contribution in [3.05, 3.63) is 0 Å². The Morgan fingerprint density at radius 2 is 0.268 bits per heavy atom. The molecule has 0 aromatic heterocycles. The second kappa shape index (κ2) is 102. The number of carbonyl (C=O) groups excluding carboxylic acids is 4. The summed E-state index contributed by atoms with van der Waals surface area (Å²) in [5.74, 6) is -13.9. The largest absolute Gasteiger partial charge is 2.00 e. The van der Waals surface area contributed by atoms with Crippen LogP contribution in [0.5, 0.6) is 0 Å². The number of hydrogen-bond donors (Lipinski definition) is 0. The van der Waals surface area contributed by atoms with Crippen LogP contribution in [0.4, 0.5) is 0 Å². The first-order valence-electron chi connectivity index (χ1n) is 59.2. The zero-order chi connectivity index (χ0) is 109. The fourth-order valence-corrected chi connectivity index (χ4v) is 33.5. The Balaban J connectivity index is -0.000000909. The van der Waals surface area contributed by atoms with Crippen LogP contribution in [0.3, 0.4) is 0 Å². The number of carbonyl (C=O) groups is 4. The van der Waals surface area contributed by atoms with E-state index in [-0.39, 0.29) is 190 Å². The van der Waals surface area contributed by atoms with E-state index in [1.54, 1.807) is 111 Å². The van der Waals surface area contributed by atoms with Crippen LogP contribution >= 0.6 is 11.4 Å². The zero-order valence-electron chi connectivity index (χ0n) is 98.6. The van der Waals surface area contributed by atoms with E-state index in [1.165, 1.54) is 257 Å². The summed E-state index contributed by atoms with van der Waals surface area (Å²) in [7, 11) is -5.75. The van der Waals surface area contributed by atoms with Crippen molar-refractivity contribution in [1.82, 2.24) is 0 Å². The number of hydrogen-bond acceptors (Lipinski definition) is 30. The number of ether oxygens (including phenoxy) is 20. The van der Waals surface area contributed by atoms with Gasteiger partial charge >= 0.3 is 127 Å². The Morgan fingerprint density at radius 3 is 0.356 bits per heavy atom. The van der Waals surface area contributed by atoms with E-state index in [4.69, 9.17) is 119 Å². The Labute approximate surface area is 963 Å². The van der Waals surface area contributed by atoms with Gasteiger partial charge < -0.3 is 150 Å². The topological polar surface area (TPSA) is 345 Å². The maximum atomic E-state index is 14.9. The molecule has 149 heavy (non-hydrogen) atoms. The van der Waals surface area contributed by atoms with E-state index in [2.05, 4.69) is 27.7 Å². The molecule has 0 N–H and O–H groups in total. The Bertz CT molecular complexity index is 2750. The second-order valence-electron chi connectivity index (χ2n) is 37.5. The number of unbranched alkanes of at least 4 members (excludes halogenated alkanes) is 56. The molecule has 0 aliphatic rings. The van der Waals surface area contributed by atoms with Crippen molar-refractivity contribution >= 4 is 79.9 Å². The molecule has 37 heteroatoms. The first kappa shape index (κ1) is 159. The van der Waals surface area contributed by atoms with Gasteiger partial charge in [0.1, 0.15) is 0 Å². The smallest absolute Gasteiger partial charge is 0.853 e. The van der Waals surface area contributed by atoms with E-state index in [0.717, 1.165) is 103 Å². The van der Waals surface area contributed by atoms with Crippen molar-refractivity contribution < 1.29 is 192 Å². The van der Waals surface area contributed by atoms with Gasteiger partial charge in [0, 0.05) is 78.5 Å². The van der Waals surface area contributed by atoms with Crippen LogP contribution in [0, 0.1) is 0 Å². The minimum atomic E-state index is -5.46. The number of rotatable bonds is 108. The van der Waals surface area contributed by atoms with Crippen LogP contribution in [0.15, 0.2) is 0 Å². The molecule has 0 atom stereocenters. The van der Waals surface area contributed by atoms with Crippen molar-refractivity contribution in [3.63, 3.8) is 0 Å². The third-order valence-electron chi connectivity index (χ3n) is 25.2. The molecule has 0 aromatic carbocycles. The van der Waals surface area contributed by atoms with Crippen molar-refractivity contribution in [3.8, 4) is 0 Å². The van der Waals surface area contributed by atoms with Crippen molar-refractivity contribution in [2.75, 3.05) is 106 Å². The molecular weight excluding hydrogens is 2180 g/mol. The molecule has 0 unspecified atom stereocenters. The van der Waals surface area contributed by atoms with Crippen molar-refractivity contribution in [2.45, 2.75) is 594 Å². The van der Waals surface area contributed by atoms with Crippen molar-refractivity contribution in [2.24, 2.45) is 0 Å². The molecular formula is C112H220O28P2S4Zn3. The van der Waals surface area contributed by atoms with E-state index in [0.29, 0.717) is 25.7 Å². The Hall–Kier alpha value is 1.21. The maximum absolute atomic E-state index is 14.9. The minimum absolute atomic E-state index is 0. The van der Waals surface area contributed by atoms with Gasteiger partial charge in [-0.3, -0.25) is 19.2 Å². The van der Waals surface area contributed by atoms with E-state index in [1.807, 2.05) is 0 Å². The zero-order valence-corrected chi connectivity index (χ0v) is 113. The molecule has 0 rings (SSSR count). The van der Waals surface area contributed by atoms with Gasteiger partial charge in [-0.25, -0.2) is 0 Å². The fourth-order valence-electron chi connectivity index (χ4n) is 18.5. The van der Waals surface area contributed by atoms with Gasteiger partial charge in [0.25, 0.3) is 0 Å². The summed E-state index contributed by atoms with van der Waals surface area (Å²) in [5.41, 5.74) is -10.9. The molecule has 0 aromatic rings. The van der Waals surface area contributed by atoms with Gasteiger partial charge in [-0.2, -0.15) is 0 Å². The minimum Gasteiger partial charge on any atom is -0.853 e. The molecule has 0 spiro atoms. The summed E-state index contributed by atoms with van der Waals surface area (Å²) < 4.78 is 127. The maximum Gasteiger partial charge on any atom is 2.00 e. The Kier molecular flexibility index (Phi) is 109. The molecule has 0 radical (unpaired) electrons. The molecule has 0 heterocycles. The van der Waals surface area contributed by atoms with E-state index < -0.39 is 99.8 Å². The SMILES string of the molecule is CCCCCCCCCCCCCCCCCC(=O)OC(OCC)(OCC)C(OCC)(OCC)S(C(OCC)(OCC)C(OCC)(OCC)OC(=O)CCCCCCCCCCCCCCCCC)=P([O-])([O-])[S-].CCCCCCCCCCCCCCCCCC(=O)OC(OCC)(OCC)C(OCC)(OCC)S(C(OCC)(OCC)C(OCC)(OCC)OC(=O)CCCCCCCCCCCCCCCCC)=P([O-])([O-])[S-].[Zn+2].[Zn+2].[Zn+2]. The quantitative estimate of drug-likeness (QED) is 0.0104. The predicted molar refractivity (Wildman–Crippen MR) is 594 cm³/mol.